The molecule has 0 aliphatic carbocycles. The molecule has 0 fully saturated rings. The Morgan fingerprint density at radius 3 is 2.68 bits per heavy atom. The van der Waals surface area contributed by atoms with E-state index in [0.29, 0.717) is 11.3 Å². The summed E-state index contributed by atoms with van der Waals surface area (Å²) in [5.74, 6) is -0.244. The predicted molar refractivity (Wildman–Crippen MR) is 87.5 cm³/mol. The molecule has 0 unspecified atom stereocenters. The molecule has 1 atom stereocenters. The van der Waals surface area contributed by atoms with Gasteiger partial charge in [0.25, 0.3) is 11.6 Å². The van der Waals surface area contributed by atoms with Gasteiger partial charge in [-0.05, 0) is 30.5 Å². The highest BCUT2D eigenvalue weighted by Gasteiger charge is 2.22. The lowest BCUT2D eigenvalue weighted by Crippen LogP contribution is -2.29. The van der Waals surface area contributed by atoms with Crippen molar-refractivity contribution < 1.29 is 9.72 Å². The zero-order valence-electron chi connectivity index (χ0n) is 12.6. The molecule has 0 aliphatic heterocycles. The van der Waals surface area contributed by atoms with E-state index in [1.54, 1.807) is 42.5 Å². The number of nitro groups is 1. The maximum atomic E-state index is 12.5. The lowest BCUT2D eigenvalue weighted by molar-refractivity contribution is -0.384. The number of benzene rings is 1. The monoisotopic (exact) mass is 319 g/mol. The van der Waals surface area contributed by atoms with E-state index >= 15 is 0 Å². The highest BCUT2D eigenvalue weighted by atomic mass is 32.1. The van der Waals surface area contributed by atoms with E-state index in [2.05, 4.69) is 5.32 Å². The van der Waals surface area contributed by atoms with Gasteiger partial charge in [0.2, 0.25) is 0 Å². The summed E-state index contributed by atoms with van der Waals surface area (Å²) in [5, 5.41) is 15.8. The summed E-state index contributed by atoms with van der Waals surface area (Å²) in [6, 6.07) is 8.27. The Hall–Kier alpha value is -2.41. The zero-order valence-corrected chi connectivity index (χ0v) is 13.4. The molecule has 0 spiro atoms. The standard InChI is InChI=1S/C15H17N3O3S/c1-10(14-5-4-8-22-14)17(3)15(19)11-6-7-12(16-2)13(9-11)18(20)21/h4-10,16H,1-3H3/t10-/m0/s1. The van der Waals surface area contributed by atoms with Crippen molar-refractivity contribution in [2.75, 3.05) is 19.4 Å². The van der Waals surface area contributed by atoms with Crippen molar-refractivity contribution in [2.45, 2.75) is 13.0 Å². The first-order valence-electron chi connectivity index (χ1n) is 6.72. The molecule has 116 valence electrons. The first kappa shape index (κ1) is 16.0. The number of amides is 1. The summed E-state index contributed by atoms with van der Waals surface area (Å²) in [6.45, 7) is 1.93. The molecule has 1 heterocycles. The quantitative estimate of drug-likeness (QED) is 0.675. The second-order valence-electron chi connectivity index (χ2n) is 4.85. The normalized spacial score (nSPS) is 11.8. The van der Waals surface area contributed by atoms with Crippen molar-refractivity contribution >= 4 is 28.6 Å². The van der Waals surface area contributed by atoms with E-state index in [-0.39, 0.29) is 17.6 Å². The van der Waals surface area contributed by atoms with Gasteiger partial charge in [-0.15, -0.1) is 11.3 Å². The number of nitro benzene ring substituents is 1. The maximum absolute atomic E-state index is 12.5. The first-order valence-corrected chi connectivity index (χ1v) is 7.60. The summed E-state index contributed by atoms with van der Waals surface area (Å²) in [7, 11) is 3.30. The number of carbonyl (C=O) groups is 1. The average Bonchev–Trinajstić information content (AvgIpc) is 3.06. The molecule has 0 aliphatic rings. The summed E-state index contributed by atoms with van der Waals surface area (Å²) < 4.78 is 0. The average molecular weight is 319 g/mol. The largest absolute Gasteiger partial charge is 0.383 e. The fourth-order valence-corrected chi connectivity index (χ4v) is 2.95. The van der Waals surface area contributed by atoms with Crippen LogP contribution >= 0.6 is 11.3 Å². The fraction of sp³-hybridized carbons (Fsp3) is 0.267. The van der Waals surface area contributed by atoms with Gasteiger partial charge >= 0.3 is 0 Å². The third kappa shape index (κ3) is 3.09. The van der Waals surface area contributed by atoms with E-state index < -0.39 is 4.92 Å². The topological polar surface area (TPSA) is 75.5 Å². The molecule has 6 nitrogen and oxygen atoms in total. The minimum atomic E-state index is -0.495. The molecule has 1 aromatic heterocycles. The second kappa shape index (κ2) is 6.57. The lowest BCUT2D eigenvalue weighted by atomic mass is 10.1. The van der Waals surface area contributed by atoms with Crippen LogP contribution in [0.25, 0.3) is 0 Å². The molecule has 0 bridgehead atoms. The van der Waals surface area contributed by atoms with Gasteiger partial charge in [0.15, 0.2) is 0 Å². The van der Waals surface area contributed by atoms with Crippen molar-refractivity contribution in [2.24, 2.45) is 0 Å². The third-order valence-corrected chi connectivity index (χ3v) is 4.61. The van der Waals surface area contributed by atoms with Crippen LogP contribution in [0.1, 0.15) is 28.2 Å². The minimum absolute atomic E-state index is 0.0875. The first-order chi connectivity index (χ1) is 10.5. The second-order valence-corrected chi connectivity index (χ2v) is 5.83. The van der Waals surface area contributed by atoms with Gasteiger partial charge in [0.05, 0.1) is 11.0 Å². The number of hydrogen-bond acceptors (Lipinski definition) is 5. The molecule has 1 aromatic carbocycles. The van der Waals surface area contributed by atoms with Crippen molar-refractivity contribution in [3.8, 4) is 0 Å². The van der Waals surface area contributed by atoms with Crippen LogP contribution in [0.3, 0.4) is 0 Å². The summed E-state index contributed by atoms with van der Waals surface area (Å²) in [6.07, 6.45) is 0. The summed E-state index contributed by atoms with van der Waals surface area (Å²) in [4.78, 5) is 25.8. The van der Waals surface area contributed by atoms with Crippen LogP contribution < -0.4 is 5.32 Å². The Labute approximate surface area is 132 Å². The molecule has 7 heteroatoms. The SMILES string of the molecule is CNc1ccc(C(=O)N(C)[C@@H](C)c2cccs2)cc1[N+](=O)[O-]. The Bertz CT molecular complexity index is 685. The molecule has 2 aromatic rings. The smallest absolute Gasteiger partial charge is 0.293 e. The molecule has 22 heavy (non-hydrogen) atoms. The van der Waals surface area contributed by atoms with E-state index in [1.165, 1.54) is 6.07 Å². The highest BCUT2D eigenvalue weighted by molar-refractivity contribution is 7.10. The van der Waals surface area contributed by atoms with Gasteiger partial charge in [0, 0.05) is 30.6 Å². The van der Waals surface area contributed by atoms with Crippen LogP contribution in [0.4, 0.5) is 11.4 Å². The van der Waals surface area contributed by atoms with Crippen molar-refractivity contribution in [3.05, 3.63) is 56.3 Å². The number of anilines is 1. The maximum Gasteiger partial charge on any atom is 0.293 e. The van der Waals surface area contributed by atoms with Crippen LogP contribution in [-0.2, 0) is 0 Å². The van der Waals surface area contributed by atoms with Crippen molar-refractivity contribution in [1.82, 2.24) is 4.90 Å². The van der Waals surface area contributed by atoms with E-state index in [0.717, 1.165) is 4.88 Å². The van der Waals surface area contributed by atoms with Crippen LogP contribution in [0.15, 0.2) is 35.7 Å². The number of rotatable bonds is 5. The van der Waals surface area contributed by atoms with Crippen molar-refractivity contribution in [3.63, 3.8) is 0 Å². The Balaban J connectivity index is 2.29. The molecule has 2 rings (SSSR count). The van der Waals surface area contributed by atoms with Gasteiger partial charge in [-0.2, -0.15) is 0 Å². The number of nitrogens with zero attached hydrogens (tertiary/aromatic N) is 2. The van der Waals surface area contributed by atoms with Gasteiger partial charge < -0.3 is 10.2 Å². The highest BCUT2D eigenvalue weighted by Crippen LogP contribution is 2.28. The molecular weight excluding hydrogens is 302 g/mol. The Morgan fingerprint density at radius 2 is 2.14 bits per heavy atom. The lowest BCUT2D eigenvalue weighted by Gasteiger charge is -2.24. The van der Waals surface area contributed by atoms with Crippen LogP contribution in [0, 0.1) is 10.1 Å². The van der Waals surface area contributed by atoms with E-state index in [9.17, 15) is 14.9 Å². The molecule has 0 radical (unpaired) electrons. The van der Waals surface area contributed by atoms with E-state index in [4.69, 9.17) is 0 Å². The molecule has 1 N–H and O–H groups in total. The number of thiophene rings is 1. The van der Waals surface area contributed by atoms with Crippen LogP contribution in [0.2, 0.25) is 0 Å². The van der Waals surface area contributed by atoms with Crippen LogP contribution in [0.5, 0.6) is 0 Å². The molecule has 0 saturated heterocycles. The number of carbonyl (C=O) groups excluding carboxylic acids is 1. The number of hydrogen-bond donors (Lipinski definition) is 1. The minimum Gasteiger partial charge on any atom is -0.383 e. The Kier molecular flexibility index (Phi) is 4.77. The van der Waals surface area contributed by atoms with Gasteiger partial charge in [-0.25, -0.2) is 0 Å². The van der Waals surface area contributed by atoms with Gasteiger partial charge in [0.1, 0.15) is 5.69 Å². The summed E-state index contributed by atoms with van der Waals surface area (Å²) >= 11 is 1.57. The molecular formula is C15H17N3O3S. The number of nitrogens with one attached hydrogen (secondary N) is 1. The summed E-state index contributed by atoms with van der Waals surface area (Å²) in [5.41, 5.74) is 0.581. The van der Waals surface area contributed by atoms with Crippen molar-refractivity contribution in [1.29, 1.82) is 0 Å². The zero-order chi connectivity index (χ0) is 16.3. The molecule has 0 saturated carbocycles. The predicted octanol–water partition coefficient (Wildman–Crippen LogP) is 3.53. The van der Waals surface area contributed by atoms with E-state index in [1.807, 2.05) is 24.4 Å². The molecule has 1 amide bonds. The fourth-order valence-electron chi connectivity index (χ4n) is 2.13. The van der Waals surface area contributed by atoms with Gasteiger partial charge in [-0.1, -0.05) is 6.07 Å². The van der Waals surface area contributed by atoms with Gasteiger partial charge in [-0.3, -0.25) is 14.9 Å². The third-order valence-electron chi connectivity index (χ3n) is 3.57. The van der Waals surface area contributed by atoms with Crippen LogP contribution in [-0.4, -0.2) is 29.8 Å². The Morgan fingerprint density at radius 1 is 1.41 bits per heavy atom.